The first-order valence-electron chi connectivity index (χ1n) is 6.80. The van der Waals surface area contributed by atoms with E-state index in [-0.39, 0.29) is 11.8 Å². The van der Waals surface area contributed by atoms with E-state index in [9.17, 15) is 17.4 Å². The lowest BCUT2D eigenvalue weighted by atomic mass is 10.1. The van der Waals surface area contributed by atoms with Gasteiger partial charge in [-0.05, 0) is 37.5 Å². The summed E-state index contributed by atoms with van der Waals surface area (Å²) in [5, 5.41) is 3.43. The minimum absolute atomic E-state index is 0.0291. The van der Waals surface area contributed by atoms with Gasteiger partial charge in [-0.2, -0.15) is 0 Å². The molecule has 21 heavy (non-hydrogen) atoms. The normalized spacial score (nSPS) is 24.6. The Morgan fingerprint density at radius 1 is 1.24 bits per heavy atom. The molecule has 1 aliphatic heterocycles. The maximum absolute atomic E-state index is 12.1. The van der Waals surface area contributed by atoms with Crippen molar-refractivity contribution in [3.8, 4) is 5.75 Å². The van der Waals surface area contributed by atoms with Gasteiger partial charge in [0.05, 0.1) is 0 Å². The average molecular weight is 321 g/mol. The van der Waals surface area contributed by atoms with Crippen molar-refractivity contribution in [2.45, 2.75) is 38.2 Å². The summed E-state index contributed by atoms with van der Waals surface area (Å²) in [5.74, 6) is 1.21. The molecule has 0 saturated carbocycles. The maximum Gasteiger partial charge on any atom is 0.573 e. The van der Waals surface area contributed by atoms with Crippen molar-refractivity contribution in [1.29, 1.82) is 0 Å². The number of nitrogens with one attached hydrogen (secondary N) is 1. The van der Waals surface area contributed by atoms with Crippen molar-refractivity contribution in [2.75, 3.05) is 11.5 Å². The molecule has 1 unspecified atom stereocenters. The Labute approximate surface area is 124 Å². The van der Waals surface area contributed by atoms with Crippen LogP contribution in [0.1, 0.15) is 31.4 Å². The van der Waals surface area contributed by atoms with Crippen molar-refractivity contribution in [3.05, 3.63) is 29.8 Å². The van der Waals surface area contributed by atoms with Gasteiger partial charge in [-0.15, -0.1) is 13.2 Å². The van der Waals surface area contributed by atoms with E-state index in [2.05, 4.69) is 10.1 Å². The Morgan fingerprint density at radius 2 is 1.81 bits per heavy atom. The Bertz CT molecular complexity index is 480. The maximum atomic E-state index is 12.1. The van der Waals surface area contributed by atoms with Crippen molar-refractivity contribution in [2.24, 2.45) is 0 Å². The molecule has 0 aromatic heterocycles. The second-order valence-electron chi connectivity index (χ2n) is 5.13. The molecule has 0 radical (unpaired) electrons. The molecule has 1 aromatic rings. The van der Waals surface area contributed by atoms with E-state index in [4.69, 9.17) is 0 Å². The van der Waals surface area contributed by atoms with Crippen LogP contribution in [0.4, 0.5) is 13.2 Å². The number of hydrogen-bond acceptors (Lipinski definition) is 3. The number of rotatable bonds is 4. The van der Waals surface area contributed by atoms with E-state index in [0.717, 1.165) is 18.4 Å². The molecule has 0 bridgehead atoms. The highest BCUT2D eigenvalue weighted by Crippen LogP contribution is 2.25. The van der Waals surface area contributed by atoms with Crippen LogP contribution in [0.2, 0.25) is 0 Å². The molecule has 0 aliphatic carbocycles. The minimum atomic E-state index is -4.66. The highest BCUT2D eigenvalue weighted by atomic mass is 32.2. The van der Waals surface area contributed by atoms with Gasteiger partial charge in [0.15, 0.2) is 0 Å². The fourth-order valence-corrected chi connectivity index (χ4v) is 3.67. The topological polar surface area (TPSA) is 38.3 Å². The molecule has 1 atom stereocenters. The predicted molar refractivity (Wildman–Crippen MR) is 75.6 cm³/mol. The molecule has 0 amide bonds. The quantitative estimate of drug-likeness (QED) is 0.926. The van der Waals surface area contributed by atoms with Crippen molar-refractivity contribution < 1.29 is 22.1 Å². The average Bonchev–Trinajstić information content (AvgIpc) is 2.40. The summed E-state index contributed by atoms with van der Waals surface area (Å²) in [6, 6.07) is 6.22. The van der Waals surface area contributed by atoms with E-state index in [1.807, 2.05) is 6.92 Å². The first-order chi connectivity index (χ1) is 9.83. The van der Waals surface area contributed by atoms with E-state index >= 15 is 0 Å². The summed E-state index contributed by atoms with van der Waals surface area (Å²) in [4.78, 5) is 0. The van der Waals surface area contributed by atoms with Crippen LogP contribution < -0.4 is 10.1 Å². The molecule has 1 N–H and O–H groups in total. The lowest BCUT2D eigenvalue weighted by Gasteiger charge is -2.26. The van der Waals surface area contributed by atoms with Crippen LogP contribution in [-0.2, 0) is 10.8 Å². The van der Waals surface area contributed by atoms with Gasteiger partial charge in [-0.3, -0.25) is 4.21 Å². The largest absolute Gasteiger partial charge is 0.573 e. The van der Waals surface area contributed by atoms with Crippen LogP contribution in [-0.4, -0.2) is 28.1 Å². The Balaban J connectivity index is 1.90. The zero-order valence-corrected chi connectivity index (χ0v) is 12.5. The molecule has 3 nitrogen and oxygen atoms in total. The number of alkyl halides is 3. The molecule has 1 heterocycles. The lowest BCUT2D eigenvalue weighted by Crippen LogP contribution is -2.37. The van der Waals surface area contributed by atoms with Crippen LogP contribution in [0, 0.1) is 0 Å². The second kappa shape index (κ2) is 6.79. The van der Waals surface area contributed by atoms with E-state index in [1.165, 1.54) is 12.1 Å². The third-order valence-electron chi connectivity index (χ3n) is 3.49. The summed E-state index contributed by atoms with van der Waals surface area (Å²) >= 11 is 0. The zero-order valence-electron chi connectivity index (χ0n) is 11.7. The monoisotopic (exact) mass is 321 g/mol. The van der Waals surface area contributed by atoms with Crippen LogP contribution in [0.15, 0.2) is 24.3 Å². The number of halogens is 3. The van der Waals surface area contributed by atoms with Gasteiger partial charge in [-0.1, -0.05) is 12.1 Å². The molecule has 2 rings (SSSR count). The number of ether oxygens (including phenoxy) is 1. The molecular formula is C14H18F3NO2S. The lowest BCUT2D eigenvalue weighted by molar-refractivity contribution is -0.274. The van der Waals surface area contributed by atoms with Gasteiger partial charge < -0.3 is 10.1 Å². The standard InChI is InChI=1S/C14H18F3NO2S/c1-10(18-12-6-8-21(19)9-7-12)11-2-4-13(5-3-11)20-14(15,16)17/h2-5,10,12,18H,6-9H2,1H3. The fourth-order valence-electron chi connectivity index (χ4n) is 2.37. The summed E-state index contributed by atoms with van der Waals surface area (Å²) in [6.45, 7) is 1.96. The van der Waals surface area contributed by atoms with Gasteiger partial charge in [0.2, 0.25) is 0 Å². The van der Waals surface area contributed by atoms with E-state index < -0.39 is 17.2 Å². The molecule has 1 aliphatic rings. The Kier molecular flexibility index (Phi) is 5.27. The Morgan fingerprint density at radius 3 is 2.33 bits per heavy atom. The molecule has 0 spiro atoms. The Hall–Kier alpha value is -1.08. The molecule has 118 valence electrons. The van der Waals surface area contributed by atoms with Crippen LogP contribution >= 0.6 is 0 Å². The first kappa shape index (κ1) is 16.3. The molecule has 7 heteroatoms. The minimum Gasteiger partial charge on any atom is -0.406 e. The van der Waals surface area contributed by atoms with E-state index in [0.29, 0.717) is 17.5 Å². The summed E-state index contributed by atoms with van der Waals surface area (Å²) in [5.41, 5.74) is 0.899. The molecule has 1 aromatic carbocycles. The second-order valence-corrected chi connectivity index (χ2v) is 6.82. The smallest absolute Gasteiger partial charge is 0.406 e. The van der Waals surface area contributed by atoms with Crippen molar-refractivity contribution in [3.63, 3.8) is 0 Å². The highest BCUT2D eigenvalue weighted by Gasteiger charge is 2.31. The third-order valence-corrected chi connectivity index (χ3v) is 4.87. The number of benzene rings is 1. The van der Waals surface area contributed by atoms with Gasteiger partial charge in [0.1, 0.15) is 5.75 Å². The predicted octanol–water partition coefficient (Wildman–Crippen LogP) is 3.15. The van der Waals surface area contributed by atoms with Gasteiger partial charge in [0, 0.05) is 34.4 Å². The van der Waals surface area contributed by atoms with Crippen LogP contribution in [0.25, 0.3) is 0 Å². The van der Waals surface area contributed by atoms with E-state index in [1.54, 1.807) is 12.1 Å². The van der Waals surface area contributed by atoms with Crippen molar-refractivity contribution >= 4 is 10.8 Å². The molecule has 1 fully saturated rings. The SMILES string of the molecule is CC(NC1CCS(=O)CC1)c1ccc(OC(F)(F)F)cc1. The highest BCUT2D eigenvalue weighted by molar-refractivity contribution is 7.85. The first-order valence-corrected chi connectivity index (χ1v) is 8.29. The molecular weight excluding hydrogens is 303 g/mol. The van der Waals surface area contributed by atoms with Gasteiger partial charge >= 0.3 is 6.36 Å². The van der Waals surface area contributed by atoms with Gasteiger partial charge in [0.25, 0.3) is 0 Å². The summed E-state index contributed by atoms with van der Waals surface area (Å²) < 4.78 is 51.4. The van der Waals surface area contributed by atoms with Gasteiger partial charge in [-0.25, -0.2) is 0 Å². The number of hydrogen-bond donors (Lipinski definition) is 1. The summed E-state index contributed by atoms with van der Waals surface area (Å²) in [6.07, 6.45) is -2.93. The summed E-state index contributed by atoms with van der Waals surface area (Å²) in [7, 11) is -0.696. The van der Waals surface area contributed by atoms with Crippen LogP contribution in [0.3, 0.4) is 0 Å². The molecule has 1 saturated heterocycles. The van der Waals surface area contributed by atoms with Crippen LogP contribution in [0.5, 0.6) is 5.75 Å². The third kappa shape index (κ3) is 5.32. The van der Waals surface area contributed by atoms with Crippen molar-refractivity contribution in [1.82, 2.24) is 5.32 Å². The fraction of sp³-hybridized carbons (Fsp3) is 0.571. The zero-order chi connectivity index (χ0) is 15.5.